The van der Waals surface area contributed by atoms with Crippen LogP contribution < -0.4 is 5.32 Å². The van der Waals surface area contributed by atoms with Gasteiger partial charge in [-0.05, 0) is 42.0 Å². The second kappa shape index (κ2) is 5.53. The molecule has 0 radical (unpaired) electrons. The van der Waals surface area contributed by atoms with Gasteiger partial charge in [0.25, 0.3) is 0 Å². The highest BCUT2D eigenvalue weighted by Crippen LogP contribution is 2.41. The van der Waals surface area contributed by atoms with Crippen LogP contribution in [0, 0.1) is 0 Å². The Labute approximate surface area is 125 Å². The van der Waals surface area contributed by atoms with Gasteiger partial charge in [0.1, 0.15) is 0 Å². The van der Waals surface area contributed by atoms with Crippen LogP contribution >= 0.6 is 0 Å². The number of hydrogen-bond acceptors (Lipinski definition) is 3. The molecule has 0 amide bonds. The van der Waals surface area contributed by atoms with Crippen molar-refractivity contribution in [1.82, 2.24) is 0 Å². The molecule has 0 heterocycles. The van der Waals surface area contributed by atoms with E-state index >= 15 is 0 Å². The lowest BCUT2D eigenvalue weighted by Gasteiger charge is -2.13. The van der Waals surface area contributed by atoms with E-state index in [4.69, 9.17) is 0 Å². The van der Waals surface area contributed by atoms with Gasteiger partial charge in [0.15, 0.2) is 9.84 Å². The highest BCUT2D eigenvalue weighted by atomic mass is 32.2. The fraction of sp³-hybridized carbons (Fsp3) is 0.294. The summed E-state index contributed by atoms with van der Waals surface area (Å²) in [5.41, 5.74) is 3.32. The predicted octanol–water partition coefficient (Wildman–Crippen LogP) is 3.58. The molecule has 0 bridgehead atoms. The van der Waals surface area contributed by atoms with Gasteiger partial charge < -0.3 is 5.32 Å². The zero-order valence-electron chi connectivity index (χ0n) is 12.0. The Kier molecular flexibility index (Phi) is 3.72. The van der Waals surface area contributed by atoms with Crippen molar-refractivity contribution in [3.05, 3.63) is 59.7 Å². The van der Waals surface area contributed by atoms with Gasteiger partial charge in [0.2, 0.25) is 0 Å². The molecule has 1 aliphatic rings. The highest BCUT2D eigenvalue weighted by Gasteiger charge is 2.25. The van der Waals surface area contributed by atoms with E-state index in [1.54, 1.807) is 12.1 Å². The fourth-order valence-electron chi connectivity index (χ4n) is 2.61. The smallest absolute Gasteiger partial charge is 0.177 e. The van der Waals surface area contributed by atoms with Crippen LogP contribution in [0.1, 0.15) is 29.9 Å². The third-order valence-electron chi connectivity index (χ3n) is 3.83. The van der Waals surface area contributed by atoms with Crippen molar-refractivity contribution in [3.8, 4) is 0 Å². The Morgan fingerprint density at radius 3 is 2.43 bits per heavy atom. The van der Waals surface area contributed by atoms with E-state index in [0.717, 1.165) is 0 Å². The third-order valence-corrected chi connectivity index (χ3v) is 4.98. The van der Waals surface area contributed by atoms with E-state index in [1.807, 2.05) is 18.2 Å². The van der Waals surface area contributed by atoms with Crippen molar-refractivity contribution in [1.29, 1.82) is 0 Å². The average molecular weight is 301 g/mol. The summed E-state index contributed by atoms with van der Waals surface area (Å²) >= 11 is 0. The summed E-state index contributed by atoms with van der Waals surface area (Å²) in [6.07, 6.45) is 3.76. The molecule has 0 spiro atoms. The van der Waals surface area contributed by atoms with E-state index in [2.05, 4.69) is 23.5 Å². The van der Waals surface area contributed by atoms with E-state index in [1.165, 1.54) is 30.2 Å². The Bertz CT molecular complexity index is 749. The number of para-hydroxylation sites is 1. The van der Waals surface area contributed by atoms with Crippen LogP contribution in [0.25, 0.3) is 0 Å². The normalized spacial score (nSPS) is 14.9. The lowest BCUT2D eigenvalue weighted by atomic mass is 10.0. The minimum atomic E-state index is -3.21. The number of nitrogens with one attached hydrogen (secondary N) is 1. The molecule has 3 rings (SSSR count). The number of rotatable bonds is 5. The molecule has 0 aromatic heterocycles. The van der Waals surface area contributed by atoms with E-state index < -0.39 is 9.84 Å². The molecule has 2 aromatic carbocycles. The molecule has 110 valence electrons. The average Bonchev–Trinajstić information content (AvgIpc) is 3.29. The SMILES string of the molecule is CS(=O)(=O)c1ccccc1NCc1ccccc1C1CC1. The van der Waals surface area contributed by atoms with Crippen LogP contribution in [-0.2, 0) is 16.4 Å². The van der Waals surface area contributed by atoms with Gasteiger partial charge in [0, 0.05) is 12.8 Å². The summed E-state index contributed by atoms with van der Waals surface area (Å²) in [5, 5.41) is 3.28. The number of benzene rings is 2. The maximum Gasteiger partial charge on any atom is 0.177 e. The van der Waals surface area contributed by atoms with Gasteiger partial charge in [-0.15, -0.1) is 0 Å². The van der Waals surface area contributed by atoms with Crippen molar-refractivity contribution in [2.75, 3.05) is 11.6 Å². The highest BCUT2D eigenvalue weighted by molar-refractivity contribution is 7.90. The number of sulfone groups is 1. The third kappa shape index (κ3) is 3.27. The lowest BCUT2D eigenvalue weighted by molar-refractivity contribution is 0.602. The van der Waals surface area contributed by atoms with Crippen molar-refractivity contribution in [3.63, 3.8) is 0 Å². The largest absolute Gasteiger partial charge is 0.380 e. The van der Waals surface area contributed by atoms with Crippen LogP contribution in [0.4, 0.5) is 5.69 Å². The molecule has 1 N–H and O–H groups in total. The van der Waals surface area contributed by atoms with Crippen LogP contribution in [0.5, 0.6) is 0 Å². The zero-order chi connectivity index (χ0) is 14.9. The molecule has 1 aliphatic carbocycles. The van der Waals surface area contributed by atoms with Gasteiger partial charge in [0.05, 0.1) is 10.6 Å². The molecule has 1 fully saturated rings. The van der Waals surface area contributed by atoms with E-state index in [9.17, 15) is 8.42 Å². The summed E-state index contributed by atoms with van der Waals surface area (Å²) in [4.78, 5) is 0.355. The molecule has 3 nitrogen and oxygen atoms in total. The van der Waals surface area contributed by atoms with Crippen molar-refractivity contribution < 1.29 is 8.42 Å². The minimum absolute atomic E-state index is 0.355. The predicted molar refractivity (Wildman–Crippen MR) is 85.3 cm³/mol. The van der Waals surface area contributed by atoms with Gasteiger partial charge in [-0.25, -0.2) is 8.42 Å². The monoisotopic (exact) mass is 301 g/mol. The first-order valence-corrected chi connectivity index (χ1v) is 9.05. The molecule has 0 saturated heterocycles. The standard InChI is InChI=1S/C17H19NO2S/c1-21(19,20)17-9-5-4-8-16(17)18-12-14-6-2-3-7-15(14)13-10-11-13/h2-9,13,18H,10-12H2,1H3. The molecule has 1 saturated carbocycles. The maximum atomic E-state index is 11.8. The first-order valence-electron chi connectivity index (χ1n) is 7.16. The molecule has 0 atom stereocenters. The van der Waals surface area contributed by atoms with E-state index in [0.29, 0.717) is 23.0 Å². The topological polar surface area (TPSA) is 46.2 Å². The number of anilines is 1. The molecular weight excluding hydrogens is 282 g/mol. The molecular formula is C17H19NO2S. The summed E-state index contributed by atoms with van der Waals surface area (Å²) in [6, 6.07) is 15.5. The Morgan fingerprint density at radius 1 is 1.05 bits per heavy atom. The van der Waals surface area contributed by atoms with Crippen LogP contribution in [0.3, 0.4) is 0 Å². The zero-order valence-corrected chi connectivity index (χ0v) is 12.9. The summed E-state index contributed by atoms with van der Waals surface area (Å²) < 4.78 is 23.6. The van der Waals surface area contributed by atoms with Gasteiger partial charge in [-0.2, -0.15) is 0 Å². The summed E-state index contributed by atoms with van der Waals surface area (Å²) in [5.74, 6) is 0.688. The van der Waals surface area contributed by atoms with Crippen molar-refractivity contribution in [2.24, 2.45) is 0 Å². The Balaban J connectivity index is 1.83. The van der Waals surface area contributed by atoms with Crippen LogP contribution in [-0.4, -0.2) is 14.7 Å². The number of hydrogen-bond donors (Lipinski definition) is 1. The van der Waals surface area contributed by atoms with Gasteiger partial charge in [-0.3, -0.25) is 0 Å². The summed E-state index contributed by atoms with van der Waals surface area (Å²) in [6.45, 7) is 0.652. The molecule has 0 aliphatic heterocycles. The Hall–Kier alpha value is -1.81. The quantitative estimate of drug-likeness (QED) is 0.918. The summed E-state index contributed by atoms with van der Waals surface area (Å²) in [7, 11) is -3.21. The van der Waals surface area contributed by atoms with Crippen molar-refractivity contribution >= 4 is 15.5 Å². The maximum absolute atomic E-state index is 11.8. The molecule has 0 unspecified atom stereocenters. The van der Waals surface area contributed by atoms with Gasteiger partial charge in [-0.1, -0.05) is 36.4 Å². The molecule has 4 heteroatoms. The lowest BCUT2D eigenvalue weighted by Crippen LogP contribution is -2.07. The second-order valence-electron chi connectivity index (χ2n) is 5.59. The molecule has 2 aromatic rings. The first-order chi connectivity index (χ1) is 10.1. The van der Waals surface area contributed by atoms with Crippen LogP contribution in [0.15, 0.2) is 53.4 Å². The molecule has 21 heavy (non-hydrogen) atoms. The fourth-order valence-corrected chi connectivity index (χ4v) is 3.48. The van der Waals surface area contributed by atoms with Crippen LogP contribution in [0.2, 0.25) is 0 Å². The van der Waals surface area contributed by atoms with Crippen molar-refractivity contribution in [2.45, 2.75) is 30.2 Å². The minimum Gasteiger partial charge on any atom is -0.380 e. The second-order valence-corrected chi connectivity index (χ2v) is 7.58. The van der Waals surface area contributed by atoms with E-state index in [-0.39, 0.29) is 0 Å². The van der Waals surface area contributed by atoms with Gasteiger partial charge >= 0.3 is 0 Å². The first kappa shape index (κ1) is 14.1. The Morgan fingerprint density at radius 2 is 1.71 bits per heavy atom.